The molecule has 3 saturated carbocycles. The summed E-state index contributed by atoms with van der Waals surface area (Å²) in [6.07, 6.45) is 13.7. The van der Waals surface area contributed by atoms with Gasteiger partial charge in [-0.2, -0.15) is 0 Å². The number of hydrogen-bond donors (Lipinski definition) is 5. The number of phenols is 1. The number of aliphatic hydroxyl groups is 1. The first-order valence-corrected chi connectivity index (χ1v) is 21.5. The molecule has 0 radical (unpaired) electrons. The number of anilines is 1. The SMILES string of the molecule is CC(C)CCC[C@@H](C)[C@H]1CC[C@H]2[C@@H]3CC=C4C[C@@H](OC(=O)NCC(=O)N5C6CN7OC(O)(C(CNC(=O)O)c8c(O)cc(C=O)cc87)C65)CC[C@]4(C)[C@H]3CC[C@]12C. The Morgan fingerprint density at radius 3 is 2.58 bits per heavy atom. The minimum absolute atomic E-state index is 0.118. The van der Waals surface area contributed by atoms with Crippen LogP contribution in [0, 0.1) is 46.3 Å². The van der Waals surface area contributed by atoms with E-state index in [9.17, 15) is 34.5 Å². The number of nitrogens with one attached hydrogen (secondary N) is 2. The number of hydrogen-bond acceptors (Lipinski definition) is 9. The minimum Gasteiger partial charge on any atom is -0.508 e. The number of aldehydes is 1. The van der Waals surface area contributed by atoms with Crippen LogP contribution in [-0.4, -0.2) is 88.2 Å². The van der Waals surface area contributed by atoms with Gasteiger partial charge in [0.1, 0.15) is 30.7 Å². The summed E-state index contributed by atoms with van der Waals surface area (Å²) >= 11 is 0. The van der Waals surface area contributed by atoms with Crippen LogP contribution >= 0.6 is 0 Å². The van der Waals surface area contributed by atoms with E-state index in [4.69, 9.17) is 9.57 Å². The molecule has 1 aromatic rings. The second kappa shape index (κ2) is 14.8. The van der Waals surface area contributed by atoms with Gasteiger partial charge in [-0.3, -0.25) is 9.59 Å². The summed E-state index contributed by atoms with van der Waals surface area (Å²) < 4.78 is 5.94. The Hall–Kier alpha value is -3.84. The number of benzene rings is 1. The van der Waals surface area contributed by atoms with E-state index in [-0.39, 0.29) is 48.0 Å². The van der Waals surface area contributed by atoms with Crippen molar-refractivity contribution in [3.05, 3.63) is 34.9 Å². The van der Waals surface area contributed by atoms with E-state index in [2.05, 4.69) is 51.3 Å². The fourth-order valence-corrected chi connectivity index (χ4v) is 13.2. The van der Waals surface area contributed by atoms with E-state index < -0.39 is 41.9 Å². The largest absolute Gasteiger partial charge is 0.508 e. The van der Waals surface area contributed by atoms with Crippen LogP contribution in [0.25, 0.3) is 0 Å². The molecule has 0 aromatic heterocycles. The maximum absolute atomic E-state index is 13.6. The number of carboxylic acid groups (broad SMARTS) is 1. The van der Waals surface area contributed by atoms with Gasteiger partial charge in [-0.15, -0.1) is 0 Å². The predicted molar refractivity (Wildman–Crippen MR) is 211 cm³/mol. The van der Waals surface area contributed by atoms with Crippen molar-refractivity contribution in [3.8, 4) is 5.75 Å². The van der Waals surface area contributed by atoms with Gasteiger partial charge >= 0.3 is 12.2 Å². The Bertz CT molecular complexity index is 1820. The van der Waals surface area contributed by atoms with Gasteiger partial charge in [0.2, 0.25) is 11.7 Å². The van der Waals surface area contributed by atoms with Crippen LogP contribution in [0.5, 0.6) is 5.75 Å². The van der Waals surface area contributed by atoms with Gasteiger partial charge in [-0.05, 0) is 103 Å². The molecule has 2 saturated heterocycles. The van der Waals surface area contributed by atoms with Crippen LogP contribution in [0.2, 0.25) is 0 Å². The lowest BCUT2D eigenvalue weighted by atomic mass is 9.47. The first kappa shape index (κ1) is 40.0. The van der Waals surface area contributed by atoms with Crippen LogP contribution in [0.1, 0.15) is 127 Å². The van der Waals surface area contributed by atoms with Crippen LogP contribution in [0.4, 0.5) is 15.3 Å². The quantitative estimate of drug-likeness (QED) is 0.0918. The lowest BCUT2D eigenvalue weighted by Gasteiger charge is -2.58. The van der Waals surface area contributed by atoms with Gasteiger partial charge in [0, 0.05) is 24.1 Å². The maximum Gasteiger partial charge on any atom is 0.407 e. The summed E-state index contributed by atoms with van der Waals surface area (Å²) in [5, 5.41) is 38.4. The Morgan fingerprint density at radius 2 is 1.84 bits per heavy atom. The van der Waals surface area contributed by atoms with Gasteiger partial charge in [-0.1, -0.05) is 65.5 Å². The monoisotopic (exact) mass is 790 g/mol. The van der Waals surface area contributed by atoms with E-state index in [1.807, 2.05) is 0 Å². The maximum atomic E-state index is 13.6. The summed E-state index contributed by atoms with van der Waals surface area (Å²) in [6.45, 7) is 11.7. The predicted octanol–water partition coefficient (Wildman–Crippen LogP) is 6.73. The highest BCUT2D eigenvalue weighted by atomic mass is 16.8. The molecular formula is C44H62N4O9. The summed E-state index contributed by atoms with van der Waals surface area (Å²) in [6, 6.07) is 1.36. The zero-order valence-corrected chi connectivity index (χ0v) is 34.2. The number of alkyl carbamates (subject to hydrolysis) is 1. The average molecular weight is 791 g/mol. The van der Waals surface area contributed by atoms with Crippen molar-refractivity contribution in [2.45, 2.75) is 135 Å². The topological polar surface area (TPSA) is 178 Å². The van der Waals surface area contributed by atoms with E-state index in [1.54, 1.807) is 0 Å². The van der Waals surface area contributed by atoms with Crippen molar-refractivity contribution in [2.75, 3.05) is 24.7 Å². The molecule has 312 valence electrons. The highest BCUT2D eigenvalue weighted by molar-refractivity contribution is 5.86. The lowest BCUT2D eigenvalue weighted by Crippen LogP contribution is -2.60. The van der Waals surface area contributed by atoms with Gasteiger partial charge < -0.3 is 35.6 Å². The molecule has 4 aliphatic carbocycles. The lowest BCUT2D eigenvalue weighted by molar-refractivity contribution is -0.245. The molecule has 1 aromatic carbocycles. The van der Waals surface area contributed by atoms with Crippen LogP contribution in [-0.2, 0) is 14.4 Å². The summed E-state index contributed by atoms with van der Waals surface area (Å²) in [7, 11) is 0. The van der Waals surface area contributed by atoms with Gasteiger partial charge in [0.15, 0.2) is 0 Å². The molecule has 5 fully saturated rings. The third-order valence-electron chi connectivity index (χ3n) is 16.0. The molecule has 2 bridgehead atoms. The molecule has 0 spiro atoms. The first-order valence-electron chi connectivity index (χ1n) is 21.5. The molecule has 3 amide bonds. The van der Waals surface area contributed by atoms with Crippen molar-refractivity contribution >= 4 is 30.1 Å². The smallest absolute Gasteiger partial charge is 0.407 e. The third-order valence-corrected chi connectivity index (χ3v) is 16.0. The highest BCUT2D eigenvalue weighted by Gasteiger charge is 2.71. The molecule has 57 heavy (non-hydrogen) atoms. The van der Waals surface area contributed by atoms with Crippen molar-refractivity contribution in [1.82, 2.24) is 15.5 Å². The van der Waals surface area contributed by atoms with Crippen molar-refractivity contribution < 1.29 is 44.1 Å². The molecule has 12 atom stereocenters. The number of allylic oxidation sites excluding steroid dienone is 1. The molecule has 4 unspecified atom stereocenters. The number of aromatic hydroxyl groups is 1. The fourth-order valence-electron chi connectivity index (χ4n) is 13.2. The number of phenolic OH excluding ortho intramolecular Hbond substituents is 1. The second-order valence-corrected chi connectivity index (χ2v) is 19.5. The number of fused-ring (bicyclic) bond motifs is 11. The summed E-state index contributed by atoms with van der Waals surface area (Å²) in [5.41, 5.74) is 2.65. The van der Waals surface area contributed by atoms with E-state index in [0.29, 0.717) is 29.7 Å². The molecule has 3 aliphatic heterocycles. The minimum atomic E-state index is -2.09. The van der Waals surface area contributed by atoms with Crippen LogP contribution in [0.3, 0.4) is 0 Å². The number of carbonyl (C=O) groups excluding carboxylic acids is 3. The average Bonchev–Trinajstić information content (AvgIpc) is 3.79. The molecule has 5 N–H and O–H groups in total. The third kappa shape index (κ3) is 6.78. The Labute approximate surface area is 335 Å². The molecule has 13 nitrogen and oxygen atoms in total. The van der Waals surface area contributed by atoms with Crippen molar-refractivity contribution in [3.63, 3.8) is 0 Å². The number of carbonyl (C=O) groups is 4. The number of ether oxygens (including phenoxy) is 1. The van der Waals surface area contributed by atoms with E-state index in [1.165, 1.54) is 72.6 Å². The van der Waals surface area contributed by atoms with Gasteiger partial charge in [-0.25, -0.2) is 19.5 Å². The highest BCUT2D eigenvalue weighted by Crippen LogP contribution is 2.67. The number of hydroxylamine groups is 1. The molecular weight excluding hydrogens is 729 g/mol. The van der Waals surface area contributed by atoms with Crippen molar-refractivity contribution in [2.24, 2.45) is 46.3 Å². The molecule has 7 aliphatic rings. The summed E-state index contributed by atoms with van der Waals surface area (Å²) in [4.78, 5) is 57.1. The normalized spacial score (nSPS) is 37.7. The van der Waals surface area contributed by atoms with Gasteiger partial charge in [0.05, 0.1) is 24.2 Å². The number of rotatable bonds is 11. The second-order valence-electron chi connectivity index (χ2n) is 19.5. The Morgan fingerprint density at radius 1 is 1.05 bits per heavy atom. The Kier molecular flexibility index (Phi) is 10.4. The van der Waals surface area contributed by atoms with Crippen molar-refractivity contribution in [1.29, 1.82) is 0 Å². The molecule has 8 rings (SSSR count). The number of amides is 3. The van der Waals surface area contributed by atoms with Crippen LogP contribution < -0.4 is 15.7 Å². The molecule has 13 heteroatoms. The standard InChI is InChI=1S/C44H62N4O9/c1-24(2)7-6-8-25(3)30-11-12-31-29-10-9-27-19-28(13-15-42(27,4)32(29)14-16-43(30,31)5)56-41(54)46-21-37(51)48-35-22-47-34-17-26(23-49)18-36(50)38(34)33(20-45-40(52)53)44(55,57-47)39(35)48/h9,17-18,23-25,28-33,35,39,45,50,55H,6-8,10-16,19-22H2,1-5H3,(H,46,54)(H,52,53)/t25-,28+,29+,30-,31+,32+,33?,35?,39?,42+,43-,44?,48?/m1/s1. The zero-order valence-electron chi connectivity index (χ0n) is 34.2. The number of nitrogens with zero attached hydrogens (tertiary/aromatic N) is 2. The van der Waals surface area contributed by atoms with Gasteiger partial charge in [0.25, 0.3) is 0 Å². The van der Waals surface area contributed by atoms with E-state index in [0.717, 1.165) is 48.9 Å². The summed E-state index contributed by atoms with van der Waals surface area (Å²) in [5.74, 6) is 0.587. The fraction of sp³-hybridized carbons (Fsp3) is 0.727. The first-order chi connectivity index (χ1) is 27.1. The Balaban J connectivity index is 0.869. The van der Waals surface area contributed by atoms with E-state index >= 15 is 0 Å². The van der Waals surface area contributed by atoms with Crippen LogP contribution in [0.15, 0.2) is 23.8 Å². The zero-order chi connectivity index (χ0) is 40.6. The molecule has 3 heterocycles.